The lowest BCUT2D eigenvalue weighted by atomic mass is 10.1. The number of urea groups is 1. The summed E-state index contributed by atoms with van der Waals surface area (Å²) < 4.78 is 10.9. The first kappa shape index (κ1) is 22.4. The molecular formula is C21H23BrN2O5. The SMILES string of the molecule is COc1ccc(C(=O)COC(=O)c2ccc(CNC(=O)NC(C)C)cc2)cc1Br. The van der Waals surface area contributed by atoms with E-state index in [9.17, 15) is 14.4 Å². The first-order valence-corrected chi connectivity index (χ1v) is 9.76. The number of Topliss-reactive ketones (excluding diaryl/α,β-unsaturated/α-hetero) is 1. The normalized spacial score (nSPS) is 10.4. The van der Waals surface area contributed by atoms with Gasteiger partial charge in [0.1, 0.15) is 5.75 Å². The minimum absolute atomic E-state index is 0.0499. The monoisotopic (exact) mass is 462 g/mol. The van der Waals surface area contributed by atoms with Gasteiger partial charge in [-0.1, -0.05) is 12.1 Å². The molecule has 29 heavy (non-hydrogen) atoms. The van der Waals surface area contributed by atoms with Crippen LogP contribution in [-0.4, -0.2) is 37.5 Å². The number of halogens is 1. The van der Waals surface area contributed by atoms with Crippen molar-refractivity contribution in [2.24, 2.45) is 0 Å². The van der Waals surface area contributed by atoms with Crippen molar-refractivity contribution in [2.75, 3.05) is 13.7 Å². The first-order valence-electron chi connectivity index (χ1n) is 8.97. The van der Waals surface area contributed by atoms with Crippen molar-refractivity contribution < 1.29 is 23.9 Å². The van der Waals surface area contributed by atoms with Gasteiger partial charge in [-0.05, 0) is 65.7 Å². The Labute approximate surface area is 177 Å². The van der Waals surface area contributed by atoms with Crippen LogP contribution in [0.25, 0.3) is 0 Å². The predicted molar refractivity (Wildman–Crippen MR) is 112 cm³/mol. The molecule has 2 N–H and O–H groups in total. The van der Waals surface area contributed by atoms with Crippen LogP contribution >= 0.6 is 15.9 Å². The zero-order valence-electron chi connectivity index (χ0n) is 16.5. The quantitative estimate of drug-likeness (QED) is 0.460. The van der Waals surface area contributed by atoms with Crippen LogP contribution in [0.5, 0.6) is 5.75 Å². The summed E-state index contributed by atoms with van der Waals surface area (Å²) in [5, 5.41) is 5.45. The summed E-state index contributed by atoms with van der Waals surface area (Å²) in [6.45, 7) is 3.71. The number of ketones is 1. The van der Waals surface area contributed by atoms with Gasteiger partial charge in [-0.2, -0.15) is 0 Å². The second-order valence-electron chi connectivity index (χ2n) is 6.53. The van der Waals surface area contributed by atoms with Crippen molar-refractivity contribution in [3.63, 3.8) is 0 Å². The van der Waals surface area contributed by atoms with E-state index in [1.807, 2.05) is 13.8 Å². The van der Waals surface area contributed by atoms with Crippen LogP contribution in [0.3, 0.4) is 0 Å². The zero-order valence-corrected chi connectivity index (χ0v) is 18.0. The standard InChI is InChI=1S/C21H23BrN2O5/c1-13(2)24-21(27)23-11-14-4-6-15(7-5-14)20(26)29-12-18(25)16-8-9-19(28-3)17(22)10-16/h4-10,13H,11-12H2,1-3H3,(H2,23,24,27). The van der Waals surface area contributed by atoms with Gasteiger partial charge in [0.15, 0.2) is 12.4 Å². The minimum atomic E-state index is -0.594. The van der Waals surface area contributed by atoms with Crippen molar-refractivity contribution in [3.05, 3.63) is 63.6 Å². The van der Waals surface area contributed by atoms with Crippen molar-refractivity contribution in [2.45, 2.75) is 26.4 Å². The highest BCUT2D eigenvalue weighted by Crippen LogP contribution is 2.25. The van der Waals surface area contributed by atoms with E-state index < -0.39 is 5.97 Å². The molecule has 2 aromatic carbocycles. The maximum absolute atomic E-state index is 12.2. The Morgan fingerprint density at radius 2 is 1.69 bits per heavy atom. The highest BCUT2D eigenvalue weighted by atomic mass is 79.9. The van der Waals surface area contributed by atoms with Gasteiger partial charge in [0, 0.05) is 18.2 Å². The molecule has 0 unspecified atom stereocenters. The Balaban J connectivity index is 1.86. The molecule has 2 rings (SSSR count). The second kappa shape index (κ2) is 10.6. The average Bonchev–Trinajstić information content (AvgIpc) is 2.70. The van der Waals surface area contributed by atoms with Gasteiger partial charge in [-0.15, -0.1) is 0 Å². The van der Waals surface area contributed by atoms with Crippen molar-refractivity contribution in [1.29, 1.82) is 0 Å². The molecule has 7 nitrogen and oxygen atoms in total. The molecule has 154 valence electrons. The number of hydrogen-bond donors (Lipinski definition) is 2. The predicted octanol–water partition coefficient (Wildman–Crippen LogP) is 3.71. The smallest absolute Gasteiger partial charge is 0.338 e. The molecular weight excluding hydrogens is 440 g/mol. The van der Waals surface area contributed by atoms with Gasteiger partial charge in [0.25, 0.3) is 0 Å². The van der Waals surface area contributed by atoms with Gasteiger partial charge in [0.05, 0.1) is 17.1 Å². The van der Waals surface area contributed by atoms with E-state index in [-0.39, 0.29) is 24.5 Å². The number of esters is 1. The van der Waals surface area contributed by atoms with Crippen molar-refractivity contribution in [3.8, 4) is 5.75 Å². The van der Waals surface area contributed by atoms with Crippen LogP contribution in [0.2, 0.25) is 0 Å². The van der Waals surface area contributed by atoms with E-state index in [1.165, 1.54) is 7.11 Å². The Kier molecular flexibility index (Phi) is 8.21. The Morgan fingerprint density at radius 1 is 1.03 bits per heavy atom. The number of carbonyl (C=O) groups excluding carboxylic acids is 3. The lowest BCUT2D eigenvalue weighted by Gasteiger charge is -2.10. The highest BCUT2D eigenvalue weighted by molar-refractivity contribution is 9.10. The largest absolute Gasteiger partial charge is 0.496 e. The van der Waals surface area contributed by atoms with E-state index in [4.69, 9.17) is 9.47 Å². The summed E-state index contributed by atoms with van der Waals surface area (Å²) in [7, 11) is 1.53. The van der Waals surface area contributed by atoms with E-state index in [2.05, 4.69) is 26.6 Å². The third kappa shape index (κ3) is 6.90. The van der Waals surface area contributed by atoms with Crippen LogP contribution in [0.15, 0.2) is 46.9 Å². The molecule has 0 aliphatic carbocycles. The summed E-state index contributed by atoms with van der Waals surface area (Å²) in [6.07, 6.45) is 0. The molecule has 8 heteroatoms. The summed E-state index contributed by atoms with van der Waals surface area (Å²) in [6, 6.07) is 11.3. The van der Waals surface area contributed by atoms with Crippen LogP contribution < -0.4 is 15.4 Å². The van der Waals surface area contributed by atoms with Crippen LogP contribution in [0.1, 0.15) is 40.1 Å². The number of benzene rings is 2. The van der Waals surface area contributed by atoms with E-state index >= 15 is 0 Å². The van der Waals surface area contributed by atoms with Gasteiger partial charge in [0.2, 0.25) is 0 Å². The third-order valence-electron chi connectivity index (χ3n) is 3.87. The Morgan fingerprint density at radius 3 is 2.28 bits per heavy atom. The average molecular weight is 463 g/mol. The fourth-order valence-corrected chi connectivity index (χ4v) is 2.93. The summed E-state index contributed by atoms with van der Waals surface area (Å²) in [5.74, 6) is -0.309. The van der Waals surface area contributed by atoms with Crippen LogP contribution in [0.4, 0.5) is 4.79 Å². The molecule has 0 saturated heterocycles. The summed E-state index contributed by atoms with van der Waals surface area (Å²) >= 11 is 3.32. The molecule has 2 aromatic rings. The Hall–Kier alpha value is -2.87. The van der Waals surface area contributed by atoms with Gasteiger partial charge < -0.3 is 20.1 Å². The molecule has 0 fully saturated rings. The third-order valence-corrected chi connectivity index (χ3v) is 4.49. The molecule has 0 aromatic heterocycles. The number of nitrogens with one attached hydrogen (secondary N) is 2. The zero-order chi connectivity index (χ0) is 21.4. The molecule has 0 atom stereocenters. The van der Waals surface area contributed by atoms with Crippen molar-refractivity contribution in [1.82, 2.24) is 10.6 Å². The fraction of sp³-hybridized carbons (Fsp3) is 0.286. The molecule has 0 spiro atoms. The van der Waals surface area contributed by atoms with Gasteiger partial charge >= 0.3 is 12.0 Å². The number of rotatable bonds is 8. The molecule has 0 bridgehead atoms. The summed E-state index contributed by atoms with van der Waals surface area (Å²) in [5.41, 5.74) is 1.57. The van der Waals surface area contributed by atoms with Gasteiger partial charge in [-0.25, -0.2) is 9.59 Å². The lowest BCUT2D eigenvalue weighted by Crippen LogP contribution is -2.39. The fourth-order valence-electron chi connectivity index (χ4n) is 2.39. The number of amides is 2. The highest BCUT2D eigenvalue weighted by Gasteiger charge is 2.13. The first-order chi connectivity index (χ1) is 13.8. The molecule has 0 saturated carbocycles. The Bertz CT molecular complexity index is 881. The number of hydrogen-bond acceptors (Lipinski definition) is 5. The number of carbonyl (C=O) groups is 3. The molecule has 2 amide bonds. The minimum Gasteiger partial charge on any atom is -0.496 e. The van der Waals surface area contributed by atoms with Crippen molar-refractivity contribution >= 4 is 33.7 Å². The van der Waals surface area contributed by atoms with E-state index in [0.29, 0.717) is 27.9 Å². The number of ether oxygens (including phenoxy) is 2. The summed E-state index contributed by atoms with van der Waals surface area (Å²) in [4.78, 5) is 36.0. The van der Waals surface area contributed by atoms with Crippen LogP contribution in [-0.2, 0) is 11.3 Å². The molecule has 0 aliphatic heterocycles. The molecule has 0 heterocycles. The maximum atomic E-state index is 12.2. The van der Waals surface area contributed by atoms with Crippen LogP contribution in [0, 0.1) is 0 Å². The van der Waals surface area contributed by atoms with Gasteiger partial charge in [-0.3, -0.25) is 4.79 Å². The number of methoxy groups -OCH3 is 1. The van der Waals surface area contributed by atoms with E-state index in [1.54, 1.807) is 42.5 Å². The second-order valence-corrected chi connectivity index (χ2v) is 7.38. The molecule has 0 aliphatic rings. The molecule has 0 radical (unpaired) electrons. The van der Waals surface area contributed by atoms with E-state index in [0.717, 1.165) is 5.56 Å². The topological polar surface area (TPSA) is 93.7 Å². The lowest BCUT2D eigenvalue weighted by molar-refractivity contribution is 0.0474. The maximum Gasteiger partial charge on any atom is 0.338 e.